The number of nitrogens with zero attached hydrogens (tertiary/aromatic N) is 3. The van der Waals surface area contributed by atoms with E-state index in [9.17, 15) is 9.59 Å². The lowest BCUT2D eigenvalue weighted by molar-refractivity contribution is 0.0945. The van der Waals surface area contributed by atoms with Gasteiger partial charge >= 0.3 is 6.09 Å². The van der Waals surface area contributed by atoms with E-state index in [0.29, 0.717) is 45.0 Å². The minimum atomic E-state index is -0.270. The smallest absolute Gasteiger partial charge is 0.409 e. The number of carbonyl (C=O) groups excluding carboxylic acids is 2. The Morgan fingerprint density at radius 1 is 1.14 bits per heavy atom. The Labute approximate surface area is 165 Å². The summed E-state index contributed by atoms with van der Waals surface area (Å²) in [6, 6.07) is 11.7. The fraction of sp³-hybridized carbons (Fsp3) is 0.381. The van der Waals surface area contributed by atoms with Crippen LogP contribution in [0.25, 0.3) is 0 Å². The Balaban J connectivity index is 1.59. The molecule has 0 radical (unpaired) electrons. The van der Waals surface area contributed by atoms with Crippen molar-refractivity contribution < 1.29 is 14.3 Å². The molecule has 1 fully saturated rings. The second kappa shape index (κ2) is 9.21. The van der Waals surface area contributed by atoms with E-state index in [1.165, 1.54) is 0 Å². The van der Waals surface area contributed by atoms with Crippen LogP contribution in [0.4, 0.5) is 10.5 Å². The number of aryl methyl sites for hydroxylation is 1. The average molecular weight is 382 g/mol. The predicted molar refractivity (Wildman–Crippen MR) is 107 cm³/mol. The molecule has 1 aromatic carbocycles. The number of anilines is 1. The van der Waals surface area contributed by atoms with E-state index >= 15 is 0 Å². The minimum absolute atomic E-state index is 0.199. The summed E-state index contributed by atoms with van der Waals surface area (Å²) in [5.74, 6) is -0.199. The Morgan fingerprint density at radius 2 is 1.89 bits per heavy atom. The molecule has 0 aliphatic carbocycles. The van der Waals surface area contributed by atoms with Gasteiger partial charge in [0, 0.05) is 44.6 Å². The molecule has 2 heterocycles. The number of pyridine rings is 1. The van der Waals surface area contributed by atoms with E-state index in [0.717, 1.165) is 16.8 Å². The molecule has 1 aromatic heterocycles. The second-order valence-corrected chi connectivity index (χ2v) is 6.68. The Kier molecular flexibility index (Phi) is 6.47. The summed E-state index contributed by atoms with van der Waals surface area (Å²) in [6.45, 7) is 7.24. The van der Waals surface area contributed by atoms with Crippen LogP contribution in [-0.4, -0.2) is 54.7 Å². The molecule has 0 atom stereocenters. The number of amides is 2. The highest BCUT2D eigenvalue weighted by Gasteiger charge is 2.22. The van der Waals surface area contributed by atoms with E-state index in [1.54, 1.807) is 24.1 Å². The van der Waals surface area contributed by atoms with Crippen molar-refractivity contribution in [1.29, 1.82) is 0 Å². The molecule has 1 N–H and O–H groups in total. The minimum Gasteiger partial charge on any atom is -0.450 e. The fourth-order valence-corrected chi connectivity index (χ4v) is 3.18. The molecule has 0 unspecified atom stereocenters. The summed E-state index contributed by atoms with van der Waals surface area (Å²) in [5.41, 5.74) is 3.55. The molecular weight excluding hydrogens is 356 g/mol. The van der Waals surface area contributed by atoms with Crippen LogP contribution in [-0.2, 0) is 11.3 Å². The maximum Gasteiger partial charge on any atom is 0.409 e. The van der Waals surface area contributed by atoms with Gasteiger partial charge in [-0.15, -0.1) is 0 Å². The van der Waals surface area contributed by atoms with E-state index < -0.39 is 0 Å². The van der Waals surface area contributed by atoms with E-state index in [-0.39, 0.29) is 12.0 Å². The van der Waals surface area contributed by atoms with Crippen molar-refractivity contribution in [3.8, 4) is 0 Å². The summed E-state index contributed by atoms with van der Waals surface area (Å²) in [6.07, 6.45) is 1.38. The van der Waals surface area contributed by atoms with Gasteiger partial charge < -0.3 is 19.9 Å². The van der Waals surface area contributed by atoms with E-state index in [1.807, 2.05) is 37.3 Å². The van der Waals surface area contributed by atoms with Gasteiger partial charge in [-0.05, 0) is 37.1 Å². The number of ether oxygens (including phenoxy) is 1. The maximum atomic E-state index is 12.5. The van der Waals surface area contributed by atoms with Gasteiger partial charge in [0.05, 0.1) is 6.61 Å². The maximum absolute atomic E-state index is 12.5. The lowest BCUT2D eigenvalue weighted by atomic mass is 10.1. The van der Waals surface area contributed by atoms with Gasteiger partial charge in [-0.3, -0.25) is 9.78 Å². The van der Waals surface area contributed by atoms with Crippen LogP contribution in [0.2, 0.25) is 0 Å². The zero-order chi connectivity index (χ0) is 19.9. The molecule has 2 aromatic rings. The number of aromatic nitrogens is 1. The molecule has 7 nitrogen and oxygen atoms in total. The lowest BCUT2D eigenvalue weighted by Gasteiger charge is -2.35. The van der Waals surface area contributed by atoms with E-state index in [2.05, 4.69) is 15.2 Å². The Morgan fingerprint density at radius 3 is 2.61 bits per heavy atom. The normalized spacial score (nSPS) is 13.9. The molecule has 2 amide bonds. The van der Waals surface area contributed by atoms with Crippen LogP contribution in [0.1, 0.15) is 28.5 Å². The molecule has 0 bridgehead atoms. The first-order valence-electron chi connectivity index (χ1n) is 9.54. The fourth-order valence-electron chi connectivity index (χ4n) is 3.18. The average Bonchev–Trinajstić information content (AvgIpc) is 2.73. The standard InChI is InChI=1S/C21H26N4O3/c1-3-28-21(27)25-12-10-24(11-13-25)18-8-9-22-19(14-18)20(26)23-15-17-7-5-4-6-16(17)2/h4-9,14H,3,10-13,15H2,1-2H3,(H,23,26). The number of hydrogen-bond acceptors (Lipinski definition) is 5. The zero-order valence-corrected chi connectivity index (χ0v) is 16.4. The van der Waals surface area contributed by atoms with Crippen LogP contribution >= 0.6 is 0 Å². The molecule has 1 saturated heterocycles. The third-order valence-electron chi connectivity index (χ3n) is 4.85. The van der Waals surface area contributed by atoms with Crippen molar-refractivity contribution in [2.45, 2.75) is 20.4 Å². The molecule has 0 spiro atoms. The highest BCUT2D eigenvalue weighted by Crippen LogP contribution is 2.17. The predicted octanol–water partition coefficient (Wildman–Crippen LogP) is 2.60. The topological polar surface area (TPSA) is 74.8 Å². The van der Waals surface area contributed by atoms with Crippen molar-refractivity contribution in [1.82, 2.24) is 15.2 Å². The molecule has 148 valence electrons. The first kappa shape index (κ1) is 19.7. The number of benzene rings is 1. The number of rotatable bonds is 5. The number of hydrogen-bond donors (Lipinski definition) is 1. The first-order valence-corrected chi connectivity index (χ1v) is 9.54. The van der Waals surface area contributed by atoms with Gasteiger partial charge in [0.1, 0.15) is 5.69 Å². The van der Waals surface area contributed by atoms with Gasteiger partial charge in [-0.2, -0.15) is 0 Å². The quantitative estimate of drug-likeness (QED) is 0.860. The molecule has 1 aliphatic heterocycles. The summed E-state index contributed by atoms with van der Waals surface area (Å²) < 4.78 is 5.05. The van der Waals surface area contributed by atoms with Gasteiger partial charge in [0.15, 0.2) is 0 Å². The van der Waals surface area contributed by atoms with E-state index in [4.69, 9.17) is 4.74 Å². The van der Waals surface area contributed by atoms with Gasteiger partial charge in [0.2, 0.25) is 0 Å². The second-order valence-electron chi connectivity index (χ2n) is 6.68. The first-order chi connectivity index (χ1) is 13.6. The highest BCUT2D eigenvalue weighted by molar-refractivity contribution is 5.93. The van der Waals surface area contributed by atoms with Crippen molar-refractivity contribution >= 4 is 17.7 Å². The molecular formula is C21H26N4O3. The van der Waals surface area contributed by atoms with Crippen LogP contribution in [0.15, 0.2) is 42.6 Å². The van der Waals surface area contributed by atoms with Crippen molar-refractivity contribution in [3.05, 3.63) is 59.4 Å². The van der Waals surface area contributed by atoms with Gasteiger partial charge in [-0.1, -0.05) is 24.3 Å². The lowest BCUT2D eigenvalue weighted by Crippen LogP contribution is -2.49. The monoisotopic (exact) mass is 382 g/mol. The Hall–Kier alpha value is -3.09. The van der Waals surface area contributed by atoms with Crippen molar-refractivity contribution in [3.63, 3.8) is 0 Å². The van der Waals surface area contributed by atoms with Gasteiger partial charge in [0.25, 0.3) is 5.91 Å². The molecule has 7 heteroatoms. The summed E-state index contributed by atoms with van der Waals surface area (Å²) >= 11 is 0. The number of carbonyl (C=O) groups is 2. The summed E-state index contributed by atoms with van der Waals surface area (Å²) in [5, 5.41) is 2.93. The number of piperazine rings is 1. The third kappa shape index (κ3) is 4.79. The Bertz CT molecular complexity index is 832. The van der Waals surface area contributed by atoms with Crippen LogP contribution < -0.4 is 10.2 Å². The summed E-state index contributed by atoms with van der Waals surface area (Å²) in [7, 11) is 0. The molecule has 3 rings (SSSR count). The van der Waals surface area contributed by atoms with Crippen LogP contribution in [0.5, 0.6) is 0 Å². The molecule has 0 saturated carbocycles. The molecule has 28 heavy (non-hydrogen) atoms. The third-order valence-corrected chi connectivity index (χ3v) is 4.85. The molecule has 1 aliphatic rings. The summed E-state index contributed by atoms with van der Waals surface area (Å²) in [4.78, 5) is 32.4. The van der Waals surface area contributed by atoms with Crippen LogP contribution in [0, 0.1) is 6.92 Å². The zero-order valence-electron chi connectivity index (χ0n) is 16.4. The van der Waals surface area contributed by atoms with Crippen LogP contribution in [0.3, 0.4) is 0 Å². The van der Waals surface area contributed by atoms with Crippen molar-refractivity contribution in [2.24, 2.45) is 0 Å². The van der Waals surface area contributed by atoms with Crippen molar-refractivity contribution in [2.75, 3.05) is 37.7 Å². The largest absolute Gasteiger partial charge is 0.450 e. The SMILES string of the molecule is CCOC(=O)N1CCN(c2ccnc(C(=O)NCc3ccccc3C)c2)CC1. The number of nitrogens with one attached hydrogen (secondary N) is 1. The van der Waals surface area contributed by atoms with Gasteiger partial charge in [-0.25, -0.2) is 4.79 Å². The highest BCUT2D eigenvalue weighted by atomic mass is 16.6.